The molecule has 0 saturated carbocycles. The van der Waals surface area contributed by atoms with E-state index in [1.807, 2.05) is 13.8 Å². The lowest BCUT2D eigenvalue weighted by Crippen LogP contribution is -2.53. The predicted molar refractivity (Wildman–Crippen MR) is 70.0 cm³/mol. The minimum absolute atomic E-state index is 0.393. The first kappa shape index (κ1) is 14.4. The first-order valence-electron chi connectivity index (χ1n) is 5.62. The van der Waals surface area contributed by atoms with Crippen molar-refractivity contribution in [3.8, 4) is 0 Å². The number of piperidine rings is 1. The molecule has 0 atom stereocenters. The second-order valence-corrected chi connectivity index (χ2v) is 7.40. The van der Waals surface area contributed by atoms with Crippen LogP contribution >= 0.6 is 15.9 Å². The van der Waals surface area contributed by atoms with E-state index in [2.05, 4.69) is 15.9 Å². The Morgan fingerprint density at radius 3 is 2.19 bits per heavy atom. The lowest BCUT2D eigenvalue weighted by atomic mass is 10.1. The Kier molecular flexibility index (Phi) is 4.80. The van der Waals surface area contributed by atoms with Crippen LogP contribution in [0.4, 0.5) is 0 Å². The molecule has 1 heterocycles. The molecule has 0 spiro atoms. The summed E-state index contributed by atoms with van der Waals surface area (Å²) in [6.07, 6.45) is 3.08. The molecule has 1 rings (SSSR count). The van der Waals surface area contributed by atoms with Crippen molar-refractivity contribution in [1.82, 2.24) is 8.61 Å². The lowest BCUT2D eigenvalue weighted by Gasteiger charge is -2.38. The minimum Gasteiger partial charge on any atom is -0.195 e. The number of halogens is 1. The smallest absolute Gasteiger partial charge is 0.195 e. The highest BCUT2D eigenvalue weighted by Gasteiger charge is 2.36. The predicted octanol–water partition coefficient (Wildman–Crippen LogP) is 1.82. The fourth-order valence-corrected chi connectivity index (χ4v) is 3.96. The maximum absolute atomic E-state index is 12.3. The van der Waals surface area contributed by atoms with Crippen molar-refractivity contribution in [2.75, 3.05) is 25.5 Å². The Morgan fingerprint density at radius 2 is 1.75 bits per heavy atom. The summed E-state index contributed by atoms with van der Waals surface area (Å²) in [6, 6.07) is 0. The van der Waals surface area contributed by atoms with E-state index in [4.69, 9.17) is 0 Å². The average Bonchev–Trinajstić information content (AvgIpc) is 2.29. The molecule has 1 fully saturated rings. The van der Waals surface area contributed by atoms with E-state index < -0.39 is 15.7 Å². The van der Waals surface area contributed by atoms with Crippen LogP contribution in [0.15, 0.2) is 0 Å². The van der Waals surface area contributed by atoms with E-state index in [0.717, 1.165) is 19.3 Å². The van der Waals surface area contributed by atoms with Gasteiger partial charge in [0.15, 0.2) is 0 Å². The molecular weight excluding hydrogens is 292 g/mol. The van der Waals surface area contributed by atoms with E-state index in [9.17, 15) is 8.42 Å². The highest BCUT2D eigenvalue weighted by Crippen LogP contribution is 2.23. The third-order valence-corrected chi connectivity index (χ3v) is 6.74. The van der Waals surface area contributed by atoms with Crippen molar-refractivity contribution in [3.63, 3.8) is 0 Å². The summed E-state index contributed by atoms with van der Waals surface area (Å²) in [6.45, 7) is 5.16. The minimum atomic E-state index is -3.30. The second kappa shape index (κ2) is 5.33. The Balaban J connectivity index is 2.84. The number of hydrogen-bond acceptors (Lipinski definition) is 2. The zero-order valence-corrected chi connectivity index (χ0v) is 12.6. The number of nitrogens with zero attached hydrogens (tertiary/aromatic N) is 2. The molecule has 0 aromatic rings. The van der Waals surface area contributed by atoms with Gasteiger partial charge in [0.2, 0.25) is 0 Å². The first-order valence-corrected chi connectivity index (χ1v) is 8.14. The van der Waals surface area contributed by atoms with Crippen LogP contribution in [-0.2, 0) is 10.2 Å². The summed E-state index contributed by atoms with van der Waals surface area (Å²) in [4.78, 5) is 0. The van der Waals surface area contributed by atoms with Gasteiger partial charge < -0.3 is 0 Å². The fraction of sp³-hybridized carbons (Fsp3) is 1.00. The van der Waals surface area contributed by atoms with Gasteiger partial charge in [-0.1, -0.05) is 22.4 Å². The molecule has 0 aliphatic carbocycles. The van der Waals surface area contributed by atoms with Gasteiger partial charge in [0, 0.05) is 31.0 Å². The van der Waals surface area contributed by atoms with E-state index in [1.54, 1.807) is 11.4 Å². The Hall–Kier alpha value is 0.350. The molecule has 1 aliphatic heterocycles. The standard InChI is InChI=1S/C10H21BrN2O2S/c1-10(2,9-11)12(3)16(14,15)13-7-5-4-6-8-13/h4-9H2,1-3H3. The third kappa shape index (κ3) is 2.97. The highest BCUT2D eigenvalue weighted by molar-refractivity contribution is 9.09. The van der Waals surface area contributed by atoms with Crippen molar-refractivity contribution in [3.05, 3.63) is 0 Å². The zero-order chi connectivity index (χ0) is 12.4. The number of hydrogen-bond donors (Lipinski definition) is 0. The largest absolute Gasteiger partial charge is 0.282 e. The molecule has 1 aliphatic rings. The first-order chi connectivity index (χ1) is 7.32. The molecule has 4 nitrogen and oxygen atoms in total. The third-order valence-electron chi connectivity index (χ3n) is 3.17. The van der Waals surface area contributed by atoms with Crippen LogP contribution < -0.4 is 0 Å². The van der Waals surface area contributed by atoms with E-state index >= 15 is 0 Å². The molecule has 0 amide bonds. The average molecular weight is 313 g/mol. The normalized spacial score (nSPS) is 20.3. The van der Waals surface area contributed by atoms with Crippen molar-refractivity contribution in [2.24, 2.45) is 0 Å². The lowest BCUT2D eigenvalue weighted by molar-refractivity contribution is 0.254. The molecule has 0 unspecified atom stereocenters. The van der Waals surface area contributed by atoms with Crippen LogP contribution in [0.3, 0.4) is 0 Å². The summed E-state index contributed by atoms with van der Waals surface area (Å²) in [5, 5.41) is 0.629. The van der Waals surface area contributed by atoms with Gasteiger partial charge in [-0.2, -0.15) is 17.0 Å². The fourth-order valence-electron chi connectivity index (χ4n) is 1.67. The highest BCUT2D eigenvalue weighted by atomic mass is 79.9. The van der Waals surface area contributed by atoms with Crippen molar-refractivity contribution >= 4 is 26.1 Å². The van der Waals surface area contributed by atoms with Gasteiger partial charge in [-0.05, 0) is 26.7 Å². The monoisotopic (exact) mass is 312 g/mol. The number of rotatable bonds is 4. The summed E-state index contributed by atoms with van der Waals surface area (Å²) >= 11 is 3.36. The molecule has 0 N–H and O–H groups in total. The van der Waals surface area contributed by atoms with Crippen LogP contribution in [0, 0.1) is 0 Å². The Morgan fingerprint density at radius 1 is 1.25 bits per heavy atom. The quantitative estimate of drug-likeness (QED) is 0.743. The summed E-state index contributed by atoms with van der Waals surface area (Å²) in [5.41, 5.74) is -0.393. The summed E-state index contributed by atoms with van der Waals surface area (Å²) in [7, 11) is -1.64. The molecule has 0 aromatic carbocycles. The van der Waals surface area contributed by atoms with Gasteiger partial charge in [-0.15, -0.1) is 0 Å². The molecule has 0 aromatic heterocycles. The van der Waals surface area contributed by atoms with Gasteiger partial charge in [-0.3, -0.25) is 0 Å². The van der Waals surface area contributed by atoms with Gasteiger partial charge in [-0.25, -0.2) is 0 Å². The number of alkyl halides is 1. The molecule has 96 valence electrons. The maximum atomic E-state index is 12.3. The van der Waals surface area contributed by atoms with Crippen LogP contribution in [0.25, 0.3) is 0 Å². The van der Waals surface area contributed by atoms with Crippen molar-refractivity contribution in [1.29, 1.82) is 0 Å². The van der Waals surface area contributed by atoms with E-state index in [1.165, 1.54) is 4.31 Å². The van der Waals surface area contributed by atoms with E-state index in [0.29, 0.717) is 18.4 Å². The van der Waals surface area contributed by atoms with Crippen molar-refractivity contribution in [2.45, 2.75) is 38.6 Å². The van der Waals surface area contributed by atoms with Gasteiger partial charge in [0.05, 0.1) is 0 Å². The molecule has 0 radical (unpaired) electrons. The van der Waals surface area contributed by atoms with Crippen LogP contribution in [0.2, 0.25) is 0 Å². The van der Waals surface area contributed by atoms with Gasteiger partial charge >= 0.3 is 0 Å². The van der Waals surface area contributed by atoms with Gasteiger partial charge in [0.25, 0.3) is 10.2 Å². The second-order valence-electron chi connectivity index (χ2n) is 4.88. The van der Waals surface area contributed by atoms with E-state index in [-0.39, 0.29) is 0 Å². The molecule has 0 bridgehead atoms. The Bertz CT molecular complexity index is 324. The molecule has 6 heteroatoms. The summed E-state index contributed by atoms with van der Waals surface area (Å²) < 4.78 is 27.7. The summed E-state index contributed by atoms with van der Waals surface area (Å²) in [5.74, 6) is 0. The van der Waals surface area contributed by atoms with Crippen LogP contribution in [0.1, 0.15) is 33.1 Å². The molecule has 1 saturated heterocycles. The Labute approximate surface area is 107 Å². The topological polar surface area (TPSA) is 40.6 Å². The zero-order valence-electron chi connectivity index (χ0n) is 10.2. The van der Waals surface area contributed by atoms with Crippen LogP contribution in [-0.4, -0.2) is 48.0 Å². The SMILES string of the molecule is CN(C(C)(C)CBr)S(=O)(=O)N1CCCCC1. The van der Waals surface area contributed by atoms with Crippen LogP contribution in [0.5, 0.6) is 0 Å². The maximum Gasteiger partial charge on any atom is 0.282 e. The molecule has 16 heavy (non-hydrogen) atoms. The molecular formula is C10H21BrN2O2S. The van der Waals surface area contributed by atoms with Crippen molar-refractivity contribution < 1.29 is 8.42 Å². The van der Waals surface area contributed by atoms with Gasteiger partial charge in [0.1, 0.15) is 0 Å².